The molecule has 1 atom stereocenters. The number of carbonyl (C=O) groups is 1. The van der Waals surface area contributed by atoms with Crippen molar-refractivity contribution in [3.8, 4) is 0 Å². The summed E-state index contributed by atoms with van der Waals surface area (Å²) < 4.78 is 0. The highest BCUT2D eigenvalue weighted by molar-refractivity contribution is 5.98. The van der Waals surface area contributed by atoms with Crippen LogP contribution in [0, 0.1) is 33.3 Å². The van der Waals surface area contributed by atoms with Gasteiger partial charge in [-0.25, -0.2) is 0 Å². The Morgan fingerprint density at radius 2 is 1.71 bits per heavy atom. The number of amides is 1. The second kappa shape index (κ2) is 5.57. The molecule has 1 aromatic rings. The topological polar surface area (TPSA) is 72.2 Å². The van der Waals surface area contributed by atoms with Gasteiger partial charge in [-0.05, 0) is 74.7 Å². The maximum absolute atomic E-state index is 12.7. The van der Waals surface area contributed by atoms with Crippen molar-refractivity contribution in [1.82, 2.24) is 5.32 Å². The zero-order valence-electron chi connectivity index (χ0n) is 14.0. The SMILES string of the molecule is C[C@@H](NC(=O)c1ccccc1[N+](=O)[O-])C12CC3CC(CC(C3)C1)C2. The van der Waals surface area contributed by atoms with E-state index in [2.05, 4.69) is 12.2 Å². The molecular formula is C19H24N2O3. The van der Waals surface area contributed by atoms with Gasteiger partial charge in [0.15, 0.2) is 0 Å². The molecule has 5 rings (SSSR count). The van der Waals surface area contributed by atoms with Crippen molar-refractivity contribution in [1.29, 1.82) is 0 Å². The van der Waals surface area contributed by atoms with Gasteiger partial charge in [-0.3, -0.25) is 14.9 Å². The van der Waals surface area contributed by atoms with Gasteiger partial charge in [-0.2, -0.15) is 0 Å². The lowest BCUT2D eigenvalue weighted by Crippen LogP contribution is -2.55. The molecule has 0 aromatic heterocycles. The molecule has 0 heterocycles. The highest BCUT2D eigenvalue weighted by Gasteiger charge is 2.53. The van der Waals surface area contributed by atoms with Crippen LogP contribution in [-0.2, 0) is 0 Å². The largest absolute Gasteiger partial charge is 0.349 e. The van der Waals surface area contributed by atoms with Crippen LogP contribution < -0.4 is 5.32 Å². The summed E-state index contributed by atoms with van der Waals surface area (Å²) in [7, 11) is 0. The number of nitro groups is 1. The Kier molecular flexibility index (Phi) is 3.62. The molecule has 1 aromatic carbocycles. The number of benzene rings is 1. The monoisotopic (exact) mass is 328 g/mol. The van der Waals surface area contributed by atoms with Crippen LogP contribution >= 0.6 is 0 Å². The first-order valence-electron chi connectivity index (χ1n) is 9.01. The van der Waals surface area contributed by atoms with Gasteiger partial charge in [-0.1, -0.05) is 12.1 Å². The summed E-state index contributed by atoms with van der Waals surface area (Å²) in [5.74, 6) is 2.15. The third-order valence-electron chi connectivity index (χ3n) is 6.70. The number of hydrogen-bond acceptors (Lipinski definition) is 3. The normalized spacial score (nSPS) is 34.8. The summed E-state index contributed by atoms with van der Waals surface area (Å²) in [6, 6.07) is 6.28. The minimum absolute atomic E-state index is 0.0678. The Morgan fingerprint density at radius 3 is 2.25 bits per heavy atom. The average molecular weight is 328 g/mol. The highest BCUT2D eigenvalue weighted by atomic mass is 16.6. The number of carbonyl (C=O) groups excluding carboxylic acids is 1. The van der Waals surface area contributed by atoms with Crippen LogP contribution in [0.2, 0.25) is 0 Å². The molecule has 1 amide bonds. The Labute approximate surface area is 142 Å². The molecule has 0 saturated heterocycles. The lowest BCUT2D eigenvalue weighted by molar-refractivity contribution is -0.385. The number of nitrogens with zero attached hydrogens (tertiary/aromatic N) is 1. The van der Waals surface area contributed by atoms with Gasteiger partial charge in [0.25, 0.3) is 11.6 Å². The van der Waals surface area contributed by atoms with Crippen molar-refractivity contribution in [3.63, 3.8) is 0 Å². The smallest absolute Gasteiger partial charge is 0.282 e. The van der Waals surface area contributed by atoms with Gasteiger partial charge in [0, 0.05) is 12.1 Å². The third kappa shape index (κ3) is 2.50. The molecule has 0 radical (unpaired) electrons. The number of rotatable bonds is 4. The minimum atomic E-state index is -0.482. The van der Waals surface area contributed by atoms with Gasteiger partial charge in [0.1, 0.15) is 5.56 Å². The van der Waals surface area contributed by atoms with Crippen molar-refractivity contribution >= 4 is 11.6 Å². The Morgan fingerprint density at radius 1 is 1.17 bits per heavy atom. The molecule has 24 heavy (non-hydrogen) atoms. The zero-order chi connectivity index (χ0) is 16.9. The predicted molar refractivity (Wildman–Crippen MR) is 90.6 cm³/mol. The van der Waals surface area contributed by atoms with Crippen LogP contribution in [0.15, 0.2) is 24.3 Å². The maximum Gasteiger partial charge on any atom is 0.282 e. The number of hydrogen-bond donors (Lipinski definition) is 1. The second-order valence-electron chi connectivity index (χ2n) is 8.25. The quantitative estimate of drug-likeness (QED) is 0.672. The average Bonchev–Trinajstić information content (AvgIpc) is 2.53. The van der Waals surface area contributed by atoms with Crippen molar-refractivity contribution in [2.45, 2.75) is 51.5 Å². The second-order valence-corrected chi connectivity index (χ2v) is 8.25. The van der Waals surface area contributed by atoms with Crippen molar-refractivity contribution < 1.29 is 9.72 Å². The van der Waals surface area contributed by atoms with E-state index in [-0.39, 0.29) is 28.6 Å². The predicted octanol–water partition coefficient (Wildman–Crippen LogP) is 3.93. The molecule has 4 saturated carbocycles. The van der Waals surface area contributed by atoms with E-state index >= 15 is 0 Å². The van der Waals surface area contributed by atoms with E-state index in [9.17, 15) is 14.9 Å². The molecule has 4 fully saturated rings. The molecule has 4 aliphatic rings. The van der Waals surface area contributed by atoms with Crippen molar-refractivity contribution in [2.75, 3.05) is 0 Å². The first kappa shape index (κ1) is 15.6. The van der Waals surface area contributed by atoms with Gasteiger partial charge < -0.3 is 5.32 Å². The summed E-state index contributed by atoms with van der Waals surface area (Å²) in [4.78, 5) is 23.3. The fraction of sp³-hybridized carbons (Fsp3) is 0.632. The Bertz CT molecular complexity index is 650. The third-order valence-corrected chi connectivity index (χ3v) is 6.70. The van der Waals surface area contributed by atoms with E-state index < -0.39 is 4.92 Å². The summed E-state index contributed by atoms with van der Waals surface area (Å²) in [6.45, 7) is 2.10. The van der Waals surface area contributed by atoms with Crippen LogP contribution in [0.25, 0.3) is 0 Å². The molecule has 0 aliphatic heterocycles. The van der Waals surface area contributed by atoms with Crippen LogP contribution in [0.3, 0.4) is 0 Å². The highest BCUT2D eigenvalue weighted by Crippen LogP contribution is 2.61. The van der Waals surface area contributed by atoms with Crippen LogP contribution in [-0.4, -0.2) is 16.9 Å². The van der Waals surface area contributed by atoms with Gasteiger partial charge >= 0.3 is 0 Å². The molecule has 1 N–H and O–H groups in total. The van der Waals surface area contributed by atoms with Gasteiger partial charge in [0.2, 0.25) is 0 Å². The van der Waals surface area contributed by atoms with Crippen molar-refractivity contribution in [2.24, 2.45) is 23.2 Å². The Balaban J connectivity index is 1.53. The fourth-order valence-electron chi connectivity index (χ4n) is 5.96. The molecule has 128 valence electrons. The number of nitrogens with one attached hydrogen (secondary N) is 1. The summed E-state index contributed by atoms with van der Waals surface area (Å²) in [5.41, 5.74) is 0.250. The summed E-state index contributed by atoms with van der Waals surface area (Å²) in [5, 5.41) is 14.3. The molecular weight excluding hydrogens is 304 g/mol. The molecule has 4 bridgehead atoms. The number of para-hydroxylation sites is 1. The van der Waals surface area contributed by atoms with Crippen LogP contribution in [0.4, 0.5) is 5.69 Å². The molecule has 5 nitrogen and oxygen atoms in total. The minimum Gasteiger partial charge on any atom is -0.349 e. The molecule has 0 spiro atoms. The number of nitro benzene ring substituents is 1. The maximum atomic E-state index is 12.7. The molecule has 4 aliphatic carbocycles. The van der Waals surface area contributed by atoms with E-state index in [0.717, 1.165) is 17.8 Å². The van der Waals surface area contributed by atoms with Crippen LogP contribution in [0.1, 0.15) is 55.8 Å². The Hall–Kier alpha value is -1.91. The van der Waals surface area contributed by atoms with E-state index in [1.165, 1.54) is 44.6 Å². The lowest BCUT2D eigenvalue weighted by Gasteiger charge is -2.59. The molecule has 5 heteroatoms. The zero-order valence-corrected chi connectivity index (χ0v) is 14.0. The van der Waals surface area contributed by atoms with Gasteiger partial charge in [0.05, 0.1) is 4.92 Å². The van der Waals surface area contributed by atoms with E-state index in [1.54, 1.807) is 18.2 Å². The summed E-state index contributed by atoms with van der Waals surface area (Å²) >= 11 is 0. The first-order chi connectivity index (χ1) is 11.5. The van der Waals surface area contributed by atoms with E-state index in [1.807, 2.05) is 0 Å². The van der Waals surface area contributed by atoms with Crippen molar-refractivity contribution in [3.05, 3.63) is 39.9 Å². The van der Waals surface area contributed by atoms with E-state index in [4.69, 9.17) is 0 Å². The standard InChI is InChI=1S/C19H24N2O3/c1-12(19-9-13-6-14(10-19)8-15(7-13)11-19)20-18(22)16-4-2-3-5-17(16)21(23)24/h2-5,12-15H,6-11H2,1H3,(H,20,22)/t12-,13?,14?,15?,19?/m1/s1. The van der Waals surface area contributed by atoms with E-state index in [0.29, 0.717) is 0 Å². The lowest BCUT2D eigenvalue weighted by atomic mass is 9.48. The molecule has 0 unspecified atom stereocenters. The summed E-state index contributed by atoms with van der Waals surface area (Å²) in [6.07, 6.45) is 7.71. The van der Waals surface area contributed by atoms with Gasteiger partial charge in [-0.15, -0.1) is 0 Å². The van der Waals surface area contributed by atoms with Crippen LogP contribution in [0.5, 0.6) is 0 Å². The fourth-order valence-corrected chi connectivity index (χ4v) is 5.96. The first-order valence-corrected chi connectivity index (χ1v) is 9.01.